The molecule has 0 bridgehead atoms. The number of nitrogen functional groups attached to an aromatic ring is 1. The summed E-state index contributed by atoms with van der Waals surface area (Å²) in [4.78, 5) is 46.9. The first kappa shape index (κ1) is 54.1. The van der Waals surface area contributed by atoms with Gasteiger partial charge in [0.1, 0.15) is 46.3 Å². The SMILES string of the molecule is COc1cc(F)cc(Cl)c1-c1csc(N)n1.COc1cc(F)cc(Cl)c1-c1csc(NC(=O)c2ccncc2)n1.COc1cc(F)cc(Cl)c1C(=O)CBr.COc1cc(F)cc(Cl)c1C(C)=O. The van der Waals surface area contributed by atoms with Crippen LogP contribution >= 0.6 is 85.0 Å². The predicted octanol–water partition coefficient (Wildman–Crippen LogP) is 13.2. The van der Waals surface area contributed by atoms with E-state index in [1.165, 1.54) is 94.7 Å². The average molecular weight is 1110 g/mol. The van der Waals surface area contributed by atoms with Gasteiger partial charge in [-0.2, -0.15) is 0 Å². The van der Waals surface area contributed by atoms with E-state index in [0.29, 0.717) is 44.1 Å². The quantitative estimate of drug-likeness (QED) is 0.0719. The minimum absolute atomic E-state index is 0.0614. The van der Waals surface area contributed by atoms with Crippen LogP contribution in [0.25, 0.3) is 22.5 Å². The summed E-state index contributed by atoms with van der Waals surface area (Å²) in [5.74, 6) is -1.85. The second-order valence-electron chi connectivity index (χ2n) is 12.8. The zero-order valence-corrected chi connectivity index (χ0v) is 41.5. The summed E-state index contributed by atoms with van der Waals surface area (Å²) in [6.45, 7) is 1.35. The Balaban J connectivity index is 0.000000202. The number of rotatable bonds is 11. The van der Waals surface area contributed by atoms with E-state index in [-0.39, 0.29) is 71.3 Å². The standard InChI is InChI=1S/C16H11ClFN3O2S.C10H8ClFN2OS.C9H7BrClFO2.C9H8ClFO2/c1-23-13-7-10(18)6-11(17)14(13)12-8-24-16(20-12)21-15(22)9-2-4-19-5-3-9;1-15-8-3-5(12)2-6(11)9(8)7-4-16-10(13)14-7;1-14-8-3-5(12)2-6(11)9(8)7(13)4-10;1-5(12)9-7(10)3-6(11)4-8(9)13-2/h2-8H,1H3,(H,20,21,22);2-4H,1H3,(H2,13,14);2-3H,4H2,1H3;3-4H,1-2H3. The van der Waals surface area contributed by atoms with E-state index in [4.69, 9.17) is 71.1 Å². The number of thiazole rings is 2. The van der Waals surface area contributed by atoms with E-state index < -0.39 is 23.3 Å². The fourth-order valence-corrected chi connectivity index (χ4v) is 8.29. The Hall–Kier alpha value is -5.54. The number of carbonyl (C=O) groups excluding carboxylic acids is 3. The molecule has 3 aromatic heterocycles. The second-order valence-corrected chi connectivity index (χ2v) is 16.7. The molecule has 0 unspecified atom stereocenters. The number of nitrogens with zero attached hydrogens (tertiary/aromatic N) is 3. The molecular weight excluding hydrogens is 1070 g/mol. The van der Waals surface area contributed by atoms with Crippen LogP contribution in [0.15, 0.2) is 83.8 Å². The van der Waals surface area contributed by atoms with Crippen LogP contribution in [0.3, 0.4) is 0 Å². The molecule has 1 amide bonds. The summed E-state index contributed by atoms with van der Waals surface area (Å²) in [5.41, 5.74) is 8.53. The van der Waals surface area contributed by atoms with Crippen LogP contribution in [0, 0.1) is 23.3 Å². The molecule has 7 aromatic rings. The number of nitrogens with one attached hydrogen (secondary N) is 1. The van der Waals surface area contributed by atoms with Gasteiger partial charge in [0.2, 0.25) is 0 Å². The molecule has 0 radical (unpaired) electrons. The van der Waals surface area contributed by atoms with Crippen molar-refractivity contribution in [2.45, 2.75) is 6.92 Å². The Morgan fingerprint density at radius 2 is 1.06 bits per heavy atom. The number of aromatic nitrogens is 3. The van der Waals surface area contributed by atoms with Crippen molar-refractivity contribution in [2.75, 3.05) is 44.8 Å². The lowest BCUT2D eigenvalue weighted by atomic mass is 10.1. The minimum Gasteiger partial charge on any atom is -0.496 e. The normalized spacial score (nSPS) is 10.2. The Morgan fingerprint density at radius 1 is 0.642 bits per heavy atom. The fourth-order valence-electron chi connectivity index (χ4n) is 5.54. The number of pyridine rings is 1. The molecule has 0 saturated carbocycles. The molecule has 7 rings (SSSR count). The first-order valence-electron chi connectivity index (χ1n) is 18.5. The molecular formula is C44H34BrCl4F4N5O7S2. The molecule has 0 aliphatic heterocycles. The Labute approximate surface area is 417 Å². The maximum Gasteiger partial charge on any atom is 0.257 e. The van der Waals surface area contributed by atoms with Gasteiger partial charge < -0.3 is 24.7 Å². The van der Waals surface area contributed by atoms with E-state index in [1.807, 2.05) is 0 Å². The van der Waals surface area contributed by atoms with Crippen molar-refractivity contribution in [3.8, 4) is 45.5 Å². The molecule has 0 aliphatic carbocycles. The van der Waals surface area contributed by atoms with E-state index in [9.17, 15) is 31.9 Å². The van der Waals surface area contributed by atoms with Crippen molar-refractivity contribution >= 4 is 113 Å². The molecule has 0 saturated heterocycles. The maximum atomic E-state index is 13.4. The number of hydrogen-bond donors (Lipinski definition) is 2. The third-order valence-electron chi connectivity index (χ3n) is 8.41. The fraction of sp³-hybridized carbons (Fsp3) is 0.136. The number of amides is 1. The Bertz CT molecular complexity index is 2880. The highest BCUT2D eigenvalue weighted by atomic mass is 79.9. The van der Waals surface area contributed by atoms with Gasteiger partial charge in [-0.05, 0) is 43.3 Å². The topological polar surface area (TPSA) is 165 Å². The first-order chi connectivity index (χ1) is 31.8. The molecule has 0 aliphatic rings. The molecule has 352 valence electrons. The molecule has 4 aromatic carbocycles. The lowest BCUT2D eigenvalue weighted by Gasteiger charge is -2.08. The monoisotopic (exact) mass is 1100 g/mol. The van der Waals surface area contributed by atoms with Gasteiger partial charge in [0, 0.05) is 53.0 Å². The zero-order valence-electron chi connectivity index (χ0n) is 35.3. The number of halogens is 9. The van der Waals surface area contributed by atoms with Crippen molar-refractivity contribution in [1.29, 1.82) is 0 Å². The Kier molecular flexibility index (Phi) is 20.6. The number of ether oxygens (including phenoxy) is 4. The number of benzene rings is 4. The molecule has 0 spiro atoms. The summed E-state index contributed by atoms with van der Waals surface area (Å²) >= 11 is 29.0. The molecule has 3 heterocycles. The largest absolute Gasteiger partial charge is 0.496 e. The number of nitrogens with two attached hydrogens (primary N) is 1. The third kappa shape index (κ3) is 14.7. The number of anilines is 2. The van der Waals surface area contributed by atoms with Crippen LogP contribution in [0.5, 0.6) is 23.0 Å². The van der Waals surface area contributed by atoms with E-state index in [0.717, 1.165) is 24.3 Å². The van der Waals surface area contributed by atoms with E-state index >= 15 is 0 Å². The van der Waals surface area contributed by atoms with Gasteiger partial charge in [-0.25, -0.2) is 27.5 Å². The van der Waals surface area contributed by atoms with Gasteiger partial charge in [0.05, 0.1) is 87.5 Å². The van der Waals surface area contributed by atoms with Crippen LogP contribution in [0.1, 0.15) is 38.0 Å². The second kappa shape index (κ2) is 25.6. The van der Waals surface area contributed by atoms with Crippen LogP contribution in [-0.2, 0) is 0 Å². The summed E-state index contributed by atoms with van der Waals surface area (Å²) < 4.78 is 72.1. The summed E-state index contributed by atoms with van der Waals surface area (Å²) in [7, 11) is 5.59. The number of hydrogen-bond acceptors (Lipinski definition) is 13. The highest BCUT2D eigenvalue weighted by Crippen LogP contribution is 2.40. The smallest absolute Gasteiger partial charge is 0.257 e. The molecule has 3 N–H and O–H groups in total. The molecule has 23 heteroatoms. The minimum atomic E-state index is -0.530. The van der Waals surface area contributed by atoms with Gasteiger partial charge in [-0.1, -0.05) is 62.3 Å². The van der Waals surface area contributed by atoms with Crippen LogP contribution < -0.4 is 30.0 Å². The van der Waals surface area contributed by atoms with Crippen molar-refractivity contribution < 1.29 is 50.9 Å². The van der Waals surface area contributed by atoms with Gasteiger partial charge >= 0.3 is 0 Å². The van der Waals surface area contributed by atoms with Crippen LogP contribution in [-0.4, -0.2) is 66.2 Å². The zero-order chi connectivity index (χ0) is 49.5. The van der Waals surface area contributed by atoms with Gasteiger partial charge in [-0.3, -0.25) is 24.7 Å². The molecule has 67 heavy (non-hydrogen) atoms. The van der Waals surface area contributed by atoms with Crippen molar-refractivity contribution in [1.82, 2.24) is 15.0 Å². The predicted molar refractivity (Wildman–Crippen MR) is 259 cm³/mol. The molecule has 12 nitrogen and oxygen atoms in total. The number of alkyl halides is 1. The molecule has 0 atom stereocenters. The average Bonchev–Trinajstić information content (AvgIpc) is 3.93. The number of ketones is 2. The van der Waals surface area contributed by atoms with Gasteiger partial charge in [0.25, 0.3) is 5.91 Å². The number of carbonyl (C=O) groups is 3. The van der Waals surface area contributed by atoms with Gasteiger partial charge in [-0.15, -0.1) is 22.7 Å². The summed E-state index contributed by atoms with van der Waals surface area (Å²) in [6, 6.07) is 12.5. The Morgan fingerprint density at radius 3 is 1.49 bits per heavy atom. The highest BCUT2D eigenvalue weighted by Gasteiger charge is 2.20. The first-order valence-corrected chi connectivity index (χ1v) is 22.9. The van der Waals surface area contributed by atoms with Crippen molar-refractivity contribution in [3.63, 3.8) is 0 Å². The maximum absolute atomic E-state index is 13.4. The van der Waals surface area contributed by atoms with Gasteiger partial charge in [0.15, 0.2) is 21.8 Å². The lowest BCUT2D eigenvalue weighted by molar-refractivity contribution is 0.100. The summed E-state index contributed by atoms with van der Waals surface area (Å²) in [5, 5.41) is 7.68. The van der Waals surface area contributed by atoms with E-state index in [2.05, 4.69) is 36.2 Å². The highest BCUT2D eigenvalue weighted by molar-refractivity contribution is 9.09. The summed E-state index contributed by atoms with van der Waals surface area (Å²) in [6.07, 6.45) is 3.07. The lowest BCUT2D eigenvalue weighted by Crippen LogP contribution is -2.11. The third-order valence-corrected chi connectivity index (χ3v) is 11.5. The molecule has 0 fully saturated rings. The van der Waals surface area contributed by atoms with Crippen molar-refractivity contribution in [3.05, 3.63) is 144 Å². The van der Waals surface area contributed by atoms with Crippen LogP contribution in [0.4, 0.5) is 27.8 Å². The van der Waals surface area contributed by atoms with E-state index in [1.54, 1.807) is 22.9 Å². The number of methoxy groups -OCH3 is 4. The van der Waals surface area contributed by atoms with Crippen molar-refractivity contribution in [2.24, 2.45) is 0 Å². The van der Waals surface area contributed by atoms with Crippen LogP contribution in [0.2, 0.25) is 20.1 Å². The number of Topliss-reactive ketones (excluding diaryl/α,β-unsaturated/α-hetero) is 2.